The first-order valence-corrected chi connectivity index (χ1v) is 8.80. The van der Waals surface area contributed by atoms with E-state index in [-0.39, 0.29) is 23.1 Å². The molecule has 1 amide bonds. The summed E-state index contributed by atoms with van der Waals surface area (Å²) in [5.41, 5.74) is 0.890. The van der Waals surface area contributed by atoms with Gasteiger partial charge in [-0.2, -0.15) is 0 Å². The average Bonchev–Trinajstić information content (AvgIpc) is 2.71. The van der Waals surface area contributed by atoms with Crippen molar-refractivity contribution >= 4 is 34.7 Å². The summed E-state index contributed by atoms with van der Waals surface area (Å²) in [7, 11) is 1.56. The van der Waals surface area contributed by atoms with Crippen molar-refractivity contribution in [2.75, 3.05) is 24.3 Å². The van der Waals surface area contributed by atoms with Gasteiger partial charge >= 0.3 is 5.97 Å². The van der Waals surface area contributed by atoms with Crippen LogP contribution in [-0.4, -0.2) is 36.2 Å². The Hall–Kier alpha value is -3.75. The molecule has 0 atom stereocenters. The molecule has 0 aliphatic rings. The van der Waals surface area contributed by atoms with Gasteiger partial charge in [-0.1, -0.05) is 13.8 Å². The van der Waals surface area contributed by atoms with Crippen molar-refractivity contribution in [2.24, 2.45) is 5.92 Å². The average molecular weight is 399 g/mol. The molecule has 9 heteroatoms. The number of carbonyl (C=O) groups excluding carboxylic acids is 3. The summed E-state index contributed by atoms with van der Waals surface area (Å²) in [6.45, 7) is 3.01. The molecule has 0 saturated carbocycles. The van der Waals surface area contributed by atoms with Gasteiger partial charge in [0, 0.05) is 42.0 Å². The standard InChI is InChI=1S/C20H21N3O6/c1-12(2)19(25)22-14-6-4-13(5-7-14)18(24)11-29-20(26)16-10-15(23(27)28)8-9-17(16)21-3/h4-10,12,21H,11H2,1-3H3,(H,22,25). The minimum absolute atomic E-state index is 0.0405. The van der Waals surface area contributed by atoms with Crippen molar-refractivity contribution in [1.29, 1.82) is 0 Å². The Morgan fingerprint density at radius 2 is 1.76 bits per heavy atom. The van der Waals surface area contributed by atoms with Crippen LogP contribution in [0.15, 0.2) is 42.5 Å². The summed E-state index contributed by atoms with van der Waals surface area (Å²) >= 11 is 0. The van der Waals surface area contributed by atoms with Crippen molar-refractivity contribution < 1.29 is 24.0 Å². The second-order valence-corrected chi connectivity index (χ2v) is 6.46. The number of nitro benzene ring substituents is 1. The molecule has 0 radical (unpaired) electrons. The summed E-state index contributed by atoms with van der Waals surface area (Å²) in [6.07, 6.45) is 0. The maximum absolute atomic E-state index is 12.3. The van der Waals surface area contributed by atoms with E-state index in [1.54, 1.807) is 33.0 Å². The minimum Gasteiger partial charge on any atom is -0.454 e. The lowest BCUT2D eigenvalue weighted by Gasteiger charge is -2.10. The largest absolute Gasteiger partial charge is 0.454 e. The molecule has 0 unspecified atom stereocenters. The van der Waals surface area contributed by atoms with Crippen molar-refractivity contribution in [2.45, 2.75) is 13.8 Å². The van der Waals surface area contributed by atoms with Crippen molar-refractivity contribution in [3.8, 4) is 0 Å². The highest BCUT2D eigenvalue weighted by Crippen LogP contribution is 2.22. The van der Waals surface area contributed by atoms with Gasteiger partial charge in [0.15, 0.2) is 12.4 Å². The fourth-order valence-corrected chi connectivity index (χ4v) is 2.35. The minimum atomic E-state index is -0.854. The van der Waals surface area contributed by atoms with E-state index in [0.29, 0.717) is 16.9 Å². The number of nitrogens with one attached hydrogen (secondary N) is 2. The predicted octanol–water partition coefficient (Wildman–Crippen LogP) is 3.27. The second-order valence-electron chi connectivity index (χ2n) is 6.46. The van der Waals surface area contributed by atoms with Crippen LogP contribution in [0.2, 0.25) is 0 Å². The van der Waals surface area contributed by atoms with Crippen LogP contribution in [0.3, 0.4) is 0 Å². The molecule has 2 N–H and O–H groups in total. The first kappa shape index (κ1) is 21.5. The molecule has 0 saturated heterocycles. The molecule has 9 nitrogen and oxygen atoms in total. The van der Waals surface area contributed by atoms with Crippen LogP contribution in [0.5, 0.6) is 0 Å². The van der Waals surface area contributed by atoms with Crippen molar-refractivity contribution in [3.05, 3.63) is 63.7 Å². The Labute approximate surface area is 167 Å². The monoisotopic (exact) mass is 399 g/mol. The number of non-ortho nitro benzene ring substituents is 1. The molecule has 0 aromatic heterocycles. The summed E-state index contributed by atoms with van der Waals surface area (Å²) < 4.78 is 5.03. The molecule has 29 heavy (non-hydrogen) atoms. The zero-order chi connectivity index (χ0) is 21.6. The zero-order valence-electron chi connectivity index (χ0n) is 16.2. The molecule has 0 spiro atoms. The maximum Gasteiger partial charge on any atom is 0.340 e. The molecule has 152 valence electrons. The number of hydrogen-bond donors (Lipinski definition) is 2. The fourth-order valence-electron chi connectivity index (χ4n) is 2.35. The summed E-state index contributed by atoms with van der Waals surface area (Å²) in [5.74, 6) is -1.62. The molecule has 2 aromatic rings. The molecular weight excluding hydrogens is 378 g/mol. The van der Waals surface area contributed by atoms with Crippen LogP contribution in [0, 0.1) is 16.0 Å². The molecule has 0 heterocycles. The van der Waals surface area contributed by atoms with E-state index in [9.17, 15) is 24.5 Å². The number of nitro groups is 1. The Kier molecular flexibility index (Phi) is 7.02. The van der Waals surface area contributed by atoms with E-state index in [4.69, 9.17) is 4.74 Å². The van der Waals surface area contributed by atoms with E-state index in [1.165, 1.54) is 24.3 Å². The van der Waals surface area contributed by atoms with Crippen molar-refractivity contribution in [3.63, 3.8) is 0 Å². The molecule has 0 bridgehead atoms. The Morgan fingerprint density at radius 1 is 1.10 bits per heavy atom. The number of benzene rings is 2. The van der Waals surface area contributed by atoms with Gasteiger partial charge in [-0.15, -0.1) is 0 Å². The first-order chi connectivity index (χ1) is 13.7. The van der Waals surface area contributed by atoms with E-state index in [1.807, 2.05) is 0 Å². The Balaban J connectivity index is 2.03. The molecule has 2 rings (SSSR count). The number of rotatable bonds is 8. The van der Waals surface area contributed by atoms with Gasteiger partial charge in [-0.05, 0) is 30.3 Å². The quantitative estimate of drug-likeness (QED) is 0.302. The number of anilines is 2. The topological polar surface area (TPSA) is 128 Å². The van der Waals surface area contributed by atoms with Gasteiger partial charge in [0.2, 0.25) is 5.91 Å². The van der Waals surface area contributed by atoms with Crippen LogP contribution in [0.4, 0.5) is 17.1 Å². The van der Waals surface area contributed by atoms with Gasteiger partial charge in [0.25, 0.3) is 5.69 Å². The van der Waals surface area contributed by atoms with E-state index in [0.717, 1.165) is 6.07 Å². The lowest BCUT2D eigenvalue weighted by molar-refractivity contribution is -0.384. The highest BCUT2D eigenvalue weighted by molar-refractivity contribution is 6.01. The van der Waals surface area contributed by atoms with Crippen LogP contribution >= 0.6 is 0 Å². The number of carbonyl (C=O) groups is 3. The normalized spacial score (nSPS) is 10.3. The number of ether oxygens (including phenoxy) is 1. The highest BCUT2D eigenvalue weighted by atomic mass is 16.6. The molecular formula is C20H21N3O6. The lowest BCUT2D eigenvalue weighted by Crippen LogP contribution is -2.18. The van der Waals surface area contributed by atoms with Gasteiger partial charge in [-0.25, -0.2) is 4.79 Å². The SMILES string of the molecule is CNc1ccc([N+](=O)[O-])cc1C(=O)OCC(=O)c1ccc(NC(=O)C(C)C)cc1. The summed E-state index contributed by atoms with van der Waals surface area (Å²) in [6, 6.07) is 9.92. The molecule has 2 aromatic carbocycles. The van der Waals surface area contributed by atoms with E-state index < -0.39 is 23.3 Å². The Morgan fingerprint density at radius 3 is 2.31 bits per heavy atom. The molecule has 0 aliphatic carbocycles. The first-order valence-electron chi connectivity index (χ1n) is 8.80. The zero-order valence-corrected chi connectivity index (χ0v) is 16.2. The fraction of sp³-hybridized carbons (Fsp3) is 0.250. The highest BCUT2D eigenvalue weighted by Gasteiger charge is 2.19. The number of amides is 1. The van der Waals surface area contributed by atoms with Gasteiger partial charge in [-0.3, -0.25) is 19.7 Å². The number of esters is 1. The third kappa shape index (κ3) is 5.61. The van der Waals surface area contributed by atoms with E-state index in [2.05, 4.69) is 10.6 Å². The van der Waals surface area contributed by atoms with E-state index >= 15 is 0 Å². The number of hydrogen-bond acceptors (Lipinski definition) is 7. The lowest BCUT2D eigenvalue weighted by atomic mass is 10.1. The van der Waals surface area contributed by atoms with Crippen molar-refractivity contribution in [1.82, 2.24) is 0 Å². The van der Waals surface area contributed by atoms with Gasteiger partial charge < -0.3 is 15.4 Å². The summed E-state index contributed by atoms with van der Waals surface area (Å²) in [4.78, 5) is 46.5. The smallest absolute Gasteiger partial charge is 0.340 e. The number of nitrogens with zero attached hydrogens (tertiary/aromatic N) is 1. The van der Waals surface area contributed by atoms with Crippen LogP contribution in [-0.2, 0) is 9.53 Å². The van der Waals surface area contributed by atoms with Gasteiger partial charge in [0.05, 0.1) is 10.5 Å². The molecule has 0 aliphatic heterocycles. The number of Topliss-reactive ketones (excluding diaryl/α,β-unsaturated/α-hetero) is 1. The van der Waals surface area contributed by atoms with Crippen LogP contribution in [0.25, 0.3) is 0 Å². The van der Waals surface area contributed by atoms with Gasteiger partial charge in [0.1, 0.15) is 0 Å². The maximum atomic E-state index is 12.3. The second kappa shape index (κ2) is 9.45. The van der Waals surface area contributed by atoms with Crippen LogP contribution < -0.4 is 10.6 Å². The third-order valence-electron chi connectivity index (χ3n) is 4.04. The Bertz CT molecular complexity index is 938. The third-order valence-corrected chi connectivity index (χ3v) is 4.04. The molecule has 0 fully saturated rings. The predicted molar refractivity (Wildman–Crippen MR) is 107 cm³/mol. The summed E-state index contributed by atoms with van der Waals surface area (Å²) in [5, 5.41) is 16.4. The van der Waals surface area contributed by atoms with Crippen LogP contribution in [0.1, 0.15) is 34.6 Å². The number of ketones is 1.